The highest BCUT2D eigenvalue weighted by Crippen LogP contribution is 2.25. The maximum atomic E-state index is 13.5. The maximum absolute atomic E-state index is 13.5. The van der Waals surface area contributed by atoms with E-state index >= 15 is 0 Å². The molecule has 0 radical (unpaired) electrons. The van der Waals surface area contributed by atoms with Gasteiger partial charge in [0.2, 0.25) is 5.91 Å². The van der Waals surface area contributed by atoms with Crippen molar-refractivity contribution in [2.24, 2.45) is 0 Å². The molecule has 4 rings (SSSR count). The summed E-state index contributed by atoms with van der Waals surface area (Å²) >= 11 is 0. The molecule has 4 aromatic rings. The second-order valence-electron chi connectivity index (χ2n) is 7.89. The van der Waals surface area contributed by atoms with E-state index in [-0.39, 0.29) is 12.4 Å². The van der Waals surface area contributed by atoms with E-state index in [2.05, 4.69) is 15.7 Å². The highest BCUT2D eigenvalue weighted by Gasteiger charge is 2.19. The first-order valence-corrected chi connectivity index (χ1v) is 11.4. The Kier molecular flexibility index (Phi) is 7.60. The zero-order valence-electron chi connectivity index (χ0n) is 19.9. The lowest BCUT2D eigenvalue weighted by molar-refractivity contribution is -0.116. The molecule has 1 heterocycles. The number of hydrogen-bond acceptors (Lipinski definition) is 4. The van der Waals surface area contributed by atoms with E-state index in [0.29, 0.717) is 35.2 Å². The van der Waals surface area contributed by atoms with Crippen LogP contribution in [0.1, 0.15) is 6.92 Å². The van der Waals surface area contributed by atoms with E-state index in [1.54, 1.807) is 56.5 Å². The fraction of sp³-hybridized carbons (Fsp3) is 0.148. The summed E-state index contributed by atoms with van der Waals surface area (Å²) in [5, 5.41) is 10.2. The number of nitrogens with zero attached hydrogens (tertiary/aromatic N) is 3. The summed E-state index contributed by atoms with van der Waals surface area (Å²) in [5.74, 6) is 0.229. The number of methoxy groups -OCH3 is 1. The molecule has 0 aliphatic rings. The maximum Gasteiger partial charge on any atom is 0.322 e. The van der Waals surface area contributed by atoms with Gasteiger partial charge in [-0.15, -0.1) is 0 Å². The van der Waals surface area contributed by atoms with Gasteiger partial charge in [0.1, 0.15) is 23.9 Å². The molecule has 36 heavy (non-hydrogen) atoms. The Labute approximate surface area is 208 Å². The highest BCUT2D eigenvalue weighted by atomic mass is 19.1. The molecule has 8 nitrogen and oxygen atoms in total. The van der Waals surface area contributed by atoms with Crippen molar-refractivity contribution < 1.29 is 18.7 Å². The van der Waals surface area contributed by atoms with Gasteiger partial charge in [-0.2, -0.15) is 5.10 Å². The van der Waals surface area contributed by atoms with Crippen molar-refractivity contribution in [2.75, 3.05) is 30.8 Å². The number of anilines is 2. The Morgan fingerprint density at radius 2 is 1.72 bits per heavy atom. The van der Waals surface area contributed by atoms with Crippen molar-refractivity contribution in [1.82, 2.24) is 14.7 Å². The van der Waals surface area contributed by atoms with E-state index < -0.39 is 11.9 Å². The lowest BCUT2D eigenvalue weighted by Gasteiger charge is -2.21. The minimum atomic E-state index is -0.419. The first kappa shape index (κ1) is 24.5. The monoisotopic (exact) mass is 487 g/mol. The Bertz CT molecular complexity index is 1340. The number of likely N-dealkylation sites (N-methyl/N-ethyl adjacent to an activating group) is 1. The van der Waals surface area contributed by atoms with Gasteiger partial charge >= 0.3 is 6.03 Å². The summed E-state index contributed by atoms with van der Waals surface area (Å²) in [6, 6.07) is 23.6. The van der Waals surface area contributed by atoms with E-state index in [1.165, 1.54) is 21.7 Å². The fourth-order valence-electron chi connectivity index (χ4n) is 3.59. The molecule has 3 amide bonds. The zero-order valence-corrected chi connectivity index (χ0v) is 19.9. The number of hydrogen-bond donors (Lipinski definition) is 2. The minimum absolute atomic E-state index is 0.179. The third-order valence-corrected chi connectivity index (χ3v) is 5.44. The van der Waals surface area contributed by atoms with Crippen LogP contribution in [-0.2, 0) is 4.79 Å². The van der Waals surface area contributed by atoms with Gasteiger partial charge in [-0.1, -0.05) is 36.4 Å². The molecule has 2 N–H and O–H groups in total. The Morgan fingerprint density at radius 3 is 2.42 bits per heavy atom. The number of ether oxygens (including phenoxy) is 1. The number of rotatable bonds is 8. The molecule has 0 saturated heterocycles. The lowest BCUT2D eigenvalue weighted by atomic mass is 10.1. The highest BCUT2D eigenvalue weighted by molar-refractivity contribution is 5.97. The van der Waals surface area contributed by atoms with E-state index in [9.17, 15) is 14.0 Å². The summed E-state index contributed by atoms with van der Waals surface area (Å²) < 4.78 is 20.2. The second-order valence-corrected chi connectivity index (χ2v) is 7.89. The largest absolute Gasteiger partial charge is 0.497 e. The quantitative estimate of drug-likeness (QED) is 0.359. The first-order valence-electron chi connectivity index (χ1n) is 11.4. The molecule has 0 aliphatic carbocycles. The molecular weight excluding hydrogens is 461 g/mol. The summed E-state index contributed by atoms with van der Waals surface area (Å²) in [4.78, 5) is 27.1. The summed E-state index contributed by atoms with van der Waals surface area (Å²) in [6.07, 6.45) is 0. The van der Waals surface area contributed by atoms with Crippen LogP contribution in [0.3, 0.4) is 0 Å². The molecule has 0 saturated carbocycles. The van der Waals surface area contributed by atoms with Gasteiger partial charge in [0.05, 0.1) is 18.5 Å². The molecule has 0 aliphatic heterocycles. The molecule has 3 aromatic carbocycles. The minimum Gasteiger partial charge on any atom is -0.497 e. The number of carbonyl (C=O) groups excluding carboxylic acids is 2. The lowest BCUT2D eigenvalue weighted by Crippen LogP contribution is -2.40. The van der Waals surface area contributed by atoms with Gasteiger partial charge in [0.15, 0.2) is 0 Å². The molecule has 1 aromatic heterocycles. The number of urea groups is 1. The van der Waals surface area contributed by atoms with Crippen molar-refractivity contribution in [3.05, 3.63) is 90.7 Å². The number of benzene rings is 3. The molecule has 184 valence electrons. The molecule has 9 heteroatoms. The normalized spacial score (nSPS) is 10.5. The van der Waals surface area contributed by atoms with Crippen LogP contribution in [-0.4, -0.2) is 46.8 Å². The van der Waals surface area contributed by atoms with Crippen LogP contribution in [0.2, 0.25) is 0 Å². The zero-order chi connectivity index (χ0) is 25.5. The summed E-state index contributed by atoms with van der Waals surface area (Å²) in [5.41, 5.74) is 2.64. The smallest absolute Gasteiger partial charge is 0.322 e. The predicted molar refractivity (Wildman–Crippen MR) is 137 cm³/mol. The third kappa shape index (κ3) is 5.87. The molecule has 0 spiro atoms. The van der Waals surface area contributed by atoms with E-state index in [4.69, 9.17) is 4.74 Å². The van der Waals surface area contributed by atoms with E-state index in [0.717, 1.165) is 5.56 Å². The SMILES string of the molecule is CCN(CC(=O)Nc1cc(-c2ccccc2)nn1-c1ccc(F)cc1)C(=O)Nc1cccc(OC)c1. The number of amides is 3. The van der Waals surface area contributed by atoms with Crippen molar-refractivity contribution in [3.63, 3.8) is 0 Å². The van der Waals surface area contributed by atoms with Crippen molar-refractivity contribution in [2.45, 2.75) is 6.92 Å². The van der Waals surface area contributed by atoms with Crippen LogP contribution in [0.5, 0.6) is 5.75 Å². The second kappa shape index (κ2) is 11.2. The van der Waals surface area contributed by atoms with Gasteiger partial charge in [0.25, 0.3) is 0 Å². The van der Waals surface area contributed by atoms with Gasteiger partial charge in [-0.3, -0.25) is 4.79 Å². The van der Waals surface area contributed by atoms with Crippen molar-refractivity contribution in [3.8, 4) is 22.7 Å². The number of halogens is 1. The van der Waals surface area contributed by atoms with Crippen molar-refractivity contribution in [1.29, 1.82) is 0 Å². The molecule has 0 bridgehead atoms. The average molecular weight is 488 g/mol. The van der Waals surface area contributed by atoms with Gasteiger partial charge in [0, 0.05) is 29.9 Å². The van der Waals surface area contributed by atoms with Crippen LogP contribution >= 0.6 is 0 Å². The van der Waals surface area contributed by atoms with Crippen LogP contribution < -0.4 is 15.4 Å². The first-order chi connectivity index (χ1) is 17.5. The van der Waals surface area contributed by atoms with Gasteiger partial charge in [-0.25, -0.2) is 13.9 Å². The molecular formula is C27H26FN5O3. The fourth-order valence-corrected chi connectivity index (χ4v) is 3.59. The third-order valence-electron chi connectivity index (χ3n) is 5.44. The average Bonchev–Trinajstić information content (AvgIpc) is 3.31. The Hall–Kier alpha value is -4.66. The predicted octanol–water partition coefficient (Wildman–Crippen LogP) is 5.18. The summed E-state index contributed by atoms with van der Waals surface area (Å²) in [6.45, 7) is 1.92. The molecule has 0 fully saturated rings. The number of nitrogens with one attached hydrogen (secondary N) is 2. The standard InChI is InChI=1S/C27H26FN5O3/c1-3-32(27(35)29-21-10-7-11-23(16-21)36-2)18-26(34)30-25-17-24(19-8-5-4-6-9-19)31-33(25)22-14-12-20(28)13-15-22/h4-17H,3,18H2,1-2H3,(H,29,35)(H,30,34). The van der Waals surface area contributed by atoms with E-state index in [1.807, 2.05) is 30.3 Å². The number of carbonyl (C=O) groups is 2. The van der Waals surface area contributed by atoms with Gasteiger partial charge in [-0.05, 0) is 43.3 Å². The van der Waals surface area contributed by atoms with Crippen LogP contribution in [0.4, 0.5) is 20.7 Å². The number of aromatic nitrogens is 2. The Balaban J connectivity index is 1.52. The van der Waals surface area contributed by atoms with Crippen LogP contribution in [0.15, 0.2) is 84.9 Å². The molecule has 0 atom stereocenters. The van der Waals surface area contributed by atoms with Gasteiger partial charge < -0.3 is 20.3 Å². The van der Waals surface area contributed by atoms with Crippen LogP contribution in [0, 0.1) is 5.82 Å². The topological polar surface area (TPSA) is 88.5 Å². The molecule has 0 unspecified atom stereocenters. The van der Waals surface area contributed by atoms with Crippen molar-refractivity contribution >= 4 is 23.4 Å². The van der Waals surface area contributed by atoms with Crippen LogP contribution in [0.25, 0.3) is 16.9 Å². The summed E-state index contributed by atoms with van der Waals surface area (Å²) in [7, 11) is 1.55. The Morgan fingerprint density at radius 1 is 0.972 bits per heavy atom.